The fourth-order valence-corrected chi connectivity index (χ4v) is 2.92. The van der Waals surface area contributed by atoms with Gasteiger partial charge in [-0.15, -0.1) is 0 Å². The van der Waals surface area contributed by atoms with Gasteiger partial charge in [-0.2, -0.15) is 0 Å². The highest BCUT2D eigenvalue weighted by atomic mass is 16.1. The van der Waals surface area contributed by atoms with Gasteiger partial charge in [0.1, 0.15) is 5.78 Å². The number of Topliss-reactive ketones (excluding diaryl/α,β-unsaturated/α-hetero) is 1. The average Bonchev–Trinajstić information content (AvgIpc) is 2.88. The molecule has 1 aromatic carbocycles. The summed E-state index contributed by atoms with van der Waals surface area (Å²) in [7, 11) is 0. The number of nitrogens with one attached hydrogen (secondary N) is 1. The first kappa shape index (κ1) is 13.3. The zero-order chi connectivity index (χ0) is 13.0. The van der Waals surface area contributed by atoms with E-state index in [4.69, 9.17) is 0 Å². The van der Waals surface area contributed by atoms with Gasteiger partial charge in [0.2, 0.25) is 0 Å². The standard InChI is InChI=1S/C16H23NO/c1-13(2)16(10-11-17-12-16)15(18)9-8-14-6-4-3-5-7-14/h3-7,13,17H,8-12H2,1-2H3. The first-order valence-electron chi connectivity index (χ1n) is 6.93. The van der Waals surface area contributed by atoms with E-state index >= 15 is 0 Å². The number of benzene rings is 1. The molecule has 1 aromatic rings. The third-order valence-corrected chi connectivity index (χ3v) is 4.33. The minimum atomic E-state index is -0.116. The van der Waals surface area contributed by atoms with E-state index in [9.17, 15) is 4.79 Å². The van der Waals surface area contributed by atoms with Gasteiger partial charge in [0.25, 0.3) is 0 Å². The number of ketones is 1. The zero-order valence-electron chi connectivity index (χ0n) is 11.4. The van der Waals surface area contributed by atoms with Crippen molar-refractivity contribution >= 4 is 5.78 Å². The molecule has 1 aliphatic rings. The van der Waals surface area contributed by atoms with Crippen molar-refractivity contribution in [2.24, 2.45) is 11.3 Å². The maximum Gasteiger partial charge on any atom is 0.140 e. The van der Waals surface area contributed by atoms with Crippen molar-refractivity contribution in [1.82, 2.24) is 5.32 Å². The van der Waals surface area contributed by atoms with E-state index in [1.54, 1.807) is 0 Å². The number of hydrogen-bond acceptors (Lipinski definition) is 2. The third kappa shape index (κ3) is 2.64. The molecule has 0 radical (unpaired) electrons. The van der Waals surface area contributed by atoms with E-state index in [1.807, 2.05) is 18.2 Å². The fraction of sp³-hybridized carbons (Fsp3) is 0.562. The van der Waals surface area contributed by atoms with Gasteiger partial charge in [0, 0.05) is 18.4 Å². The Hall–Kier alpha value is -1.15. The quantitative estimate of drug-likeness (QED) is 0.864. The van der Waals surface area contributed by atoms with Gasteiger partial charge < -0.3 is 5.32 Å². The lowest BCUT2D eigenvalue weighted by Crippen LogP contribution is -2.38. The summed E-state index contributed by atoms with van der Waals surface area (Å²) < 4.78 is 0. The second-order valence-corrected chi connectivity index (χ2v) is 5.65. The van der Waals surface area contributed by atoms with E-state index in [-0.39, 0.29) is 5.41 Å². The van der Waals surface area contributed by atoms with Crippen LogP contribution in [-0.2, 0) is 11.2 Å². The first-order chi connectivity index (χ1) is 8.65. The molecule has 1 heterocycles. The molecule has 1 atom stereocenters. The van der Waals surface area contributed by atoms with Gasteiger partial charge in [-0.25, -0.2) is 0 Å². The Kier molecular flexibility index (Phi) is 4.18. The van der Waals surface area contributed by atoms with Crippen molar-refractivity contribution in [3.05, 3.63) is 35.9 Å². The molecule has 1 fully saturated rings. The second kappa shape index (κ2) is 5.66. The molecule has 0 amide bonds. The van der Waals surface area contributed by atoms with Crippen LogP contribution >= 0.6 is 0 Å². The highest BCUT2D eigenvalue weighted by Gasteiger charge is 2.42. The van der Waals surface area contributed by atoms with Crippen molar-refractivity contribution in [2.75, 3.05) is 13.1 Å². The molecule has 0 saturated carbocycles. The van der Waals surface area contributed by atoms with Gasteiger partial charge >= 0.3 is 0 Å². The molecular weight excluding hydrogens is 222 g/mol. The van der Waals surface area contributed by atoms with Crippen molar-refractivity contribution in [3.8, 4) is 0 Å². The van der Waals surface area contributed by atoms with E-state index < -0.39 is 0 Å². The number of rotatable bonds is 5. The van der Waals surface area contributed by atoms with Crippen molar-refractivity contribution < 1.29 is 4.79 Å². The Bertz CT molecular complexity index is 391. The summed E-state index contributed by atoms with van der Waals surface area (Å²) >= 11 is 0. The van der Waals surface area contributed by atoms with Crippen molar-refractivity contribution in [1.29, 1.82) is 0 Å². The lowest BCUT2D eigenvalue weighted by Gasteiger charge is -2.31. The van der Waals surface area contributed by atoms with Crippen LogP contribution in [0.2, 0.25) is 0 Å². The summed E-state index contributed by atoms with van der Waals surface area (Å²) in [5.41, 5.74) is 1.14. The SMILES string of the molecule is CC(C)C1(C(=O)CCc2ccccc2)CCNC1. The van der Waals surface area contributed by atoms with Crippen molar-refractivity contribution in [3.63, 3.8) is 0 Å². The lowest BCUT2D eigenvalue weighted by molar-refractivity contribution is -0.130. The fourth-order valence-electron chi connectivity index (χ4n) is 2.92. The Labute approximate surface area is 110 Å². The van der Waals surface area contributed by atoms with Gasteiger partial charge in [0.05, 0.1) is 0 Å². The van der Waals surface area contributed by atoms with Gasteiger partial charge in [-0.3, -0.25) is 4.79 Å². The molecule has 2 rings (SSSR count). The molecule has 0 bridgehead atoms. The normalized spacial score (nSPS) is 23.5. The van der Waals surface area contributed by atoms with E-state index in [1.165, 1.54) is 5.56 Å². The molecule has 18 heavy (non-hydrogen) atoms. The topological polar surface area (TPSA) is 29.1 Å². The molecule has 1 N–H and O–H groups in total. The molecule has 0 aliphatic carbocycles. The van der Waals surface area contributed by atoms with Gasteiger partial charge in [-0.05, 0) is 30.9 Å². The van der Waals surface area contributed by atoms with Crippen LogP contribution in [0.4, 0.5) is 0 Å². The summed E-state index contributed by atoms with van der Waals surface area (Å²) in [6.45, 7) is 6.19. The van der Waals surface area contributed by atoms with Crippen LogP contribution in [0.15, 0.2) is 30.3 Å². The highest BCUT2D eigenvalue weighted by Crippen LogP contribution is 2.36. The van der Waals surface area contributed by atoms with Crippen LogP contribution in [0.5, 0.6) is 0 Å². The van der Waals surface area contributed by atoms with Crippen molar-refractivity contribution in [2.45, 2.75) is 33.1 Å². The number of carbonyl (C=O) groups is 1. The van der Waals surface area contributed by atoms with Gasteiger partial charge in [-0.1, -0.05) is 44.2 Å². The van der Waals surface area contributed by atoms with Crippen LogP contribution in [-0.4, -0.2) is 18.9 Å². The monoisotopic (exact) mass is 245 g/mol. The van der Waals surface area contributed by atoms with E-state index in [0.29, 0.717) is 18.1 Å². The molecule has 1 saturated heterocycles. The maximum atomic E-state index is 12.5. The summed E-state index contributed by atoms with van der Waals surface area (Å²) in [4.78, 5) is 12.5. The predicted octanol–water partition coefficient (Wildman–Crippen LogP) is 2.82. The maximum absolute atomic E-state index is 12.5. The van der Waals surface area contributed by atoms with Gasteiger partial charge in [0.15, 0.2) is 0 Å². The Morgan fingerprint density at radius 3 is 2.61 bits per heavy atom. The molecule has 0 spiro atoms. The zero-order valence-corrected chi connectivity index (χ0v) is 11.4. The molecule has 0 aromatic heterocycles. The largest absolute Gasteiger partial charge is 0.316 e. The van der Waals surface area contributed by atoms with E-state index in [0.717, 1.165) is 25.9 Å². The number of carbonyl (C=O) groups excluding carboxylic acids is 1. The van der Waals surface area contributed by atoms with E-state index in [2.05, 4.69) is 31.3 Å². The molecule has 1 unspecified atom stereocenters. The second-order valence-electron chi connectivity index (χ2n) is 5.65. The Balaban J connectivity index is 1.98. The molecule has 2 nitrogen and oxygen atoms in total. The number of aryl methyl sites for hydroxylation is 1. The van der Waals surface area contributed by atoms with Crippen LogP contribution in [0.3, 0.4) is 0 Å². The molecular formula is C16H23NO. The summed E-state index contributed by atoms with van der Waals surface area (Å²) in [6.07, 6.45) is 2.54. The highest BCUT2D eigenvalue weighted by molar-refractivity contribution is 5.86. The molecule has 1 aliphatic heterocycles. The Morgan fingerprint density at radius 1 is 1.33 bits per heavy atom. The van der Waals surface area contributed by atoms with Crippen LogP contribution in [0.1, 0.15) is 32.3 Å². The summed E-state index contributed by atoms with van der Waals surface area (Å²) in [6, 6.07) is 10.3. The minimum absolute atomic E-state index is 0.116. The van der Waals surface area contributed by atoms with Crippen LogP contribution < -0.4 is 5.32 Å². The predicted molar refractivity (Wildman–Crippen MR) is 74.5 cm³/mol. The van der Waals surface area contributed by atoms with Crippen LogP contribution in [0, 0.1) is 11.3 Å². The Morgan fingerprint density at radius 2 is 2.06 bits per heavy atom. The molecule has 98 valence electrons. The molecule has 2 heteroatoms. The van der Waals surface area contributed by atoms with Crippen LogP contribution in [0.25, 0.3) is 0 Å². The number of hydrogen-bond donors (Lipinski definition) is 1. The minimum Gasteiger partial charge on any atom is -0.316 e. The summed E-state index contributed by atoms with van der Waals surface area (Å²) in [5.74, 6) is 0.863. The smallest absolute Gasteiger partial charge is 0.140 e. The first-order valence-corrected chi connectivity index (χ1v) is 6.93. The average molecular weight is 245 g/mol. The lowest BCUT2D eigenvalue weighted by atomic mass is 9.71. The summed E-state index contributed by atoms with van der Waals surface area (Å²) in [5, 5.41) is 3.35. The third-order valence-electron chi connectivity index (χ3n) is 4.33.